The fourth-order valence-corrected chi connectivity index (χ4v) is 1.76. The van der Waals surface area contributed by atoms with Crippen LogP contribution in [0.25, 0.3) is 0 Å². The molecule has 1 aromatic rings. The number of anilines is 1. The zero-order valence-corrected chi connectivity index (χ0v) is 11.3. The topological polar surface area (TPSA) is 98.2 Å². The number of nitrogens with two attached hydrogens (primary N) is 2. The Morgan fingerprint density at radius 1 is 1.21 bits per heavy atom. The fraction of sp³-hybridized carbons (Fsp3) is 0.429. The Balaban J connectivity index is 2.57. The van der Waals surface area contributed by atoms with Crippen LogP contribution in [-0.2, 0) is 16.0 Å². The number of benzene rings is 1. The summed E-state index contributed by atoms with van der Waals surface area (Å²) in [6.07, 6.45) is 0.840. The summed E-state index contributed by atoms with van der Waals surface area (Å²) in [5.74, 6) is -0.203. The van der Waals surface area contributed by atoms with Gasteiger partial charge in [-0.15, -0.1) is 0 Å². The first kappa shape index (κ1) is 15.2. The van der Waals surface area contributed by atoms with Crippen LogP contribution < -0.4 is 16.8 Å². The second-order valence-corrected chi connectivity index (χ2v) is 5.07. The van der Waals surface area contributed by atoms with Crippen molar-refractivity contribution in [3.8, 4) is 0 Å². The minimum atomic E-state index is -0.509. The highest BCUT2D eigenvalue weighted by molar-refractivity contribution is 5.94. The third-order valence-corrected chi connectivity index (χ3v) is 2.66. The van der Waals surface area contributed by atoms with E-state index in [0.717, 1.165) is 5.56 Å². The van der Waals surface area contributed by atoms with Gasteiger partial charge in [-0.2, -0.15) is 0 Å². The number of carbonyl (C=O) groups is 2. The molecule has 0 saturated carbocycles. The first-order valence-electron chi connectivity index (χ1n) is 6.32. The number of amides is 2. The molecular formula is C14H21N3O2. The van der Waals surface area contributed by atoms with Gasteiger partial charge in [0.05, 0.1) is 12.5 Å². The predicted molar refractivity (Wildman–Crippen MR) is 75.4 cm³/mol. The van der Waals surface area contributed by atoms with Gasteiger partial charge in [0.25, 0.3) is 0 Å². The second-order valence-electron chi connectivity index (χ2n) is 5.07. The summed E-state index contributed by atoms with van der Waals surface area (Å²) in [5.41, 5.74) is 12.4. The zero-order chi connectivity index (χ0) is 14.4. The molecule has 1 aromatic carbocycles. The molecule has 104 valence electrons. The Hall–Kier alpha value is -1.88. The molecule has 0 heterocycles. The van der Waals surface area contributed by atoms with Gasteiger partial charge in [-0.05, 0) is 30.0 Å². The molecule has 0 radical (unpaired) electrons. The summed E-state index contributed by atoms with van der Waals surface area (Å²) < 4.78 is 0. The van der Waals surface area contributed by atoms with Crippen molar-refractivity contribution in [2.24, 2.45) is 17.4 Å². The summed E-state index contributed by atoms with van der Waals surface area (Å²) in [4.78, 5) is 22.6. The highest BCUT2D eigenvalue weighted by Gasteiger charge is 2.14. The molecule has 5 nitrogen and oxygen atoms in total. The van der Waals surface area contributed by atoms with Crippen molar-refractivity contribution < 1.29 is 9.59 Å². The second kappa shape index (κ2) is 6.89. The van der Waals surface area contributed by atoms with E-state index in [2.05, 4.69) is 5.32 Å². The standard InChI is InChI=1S/C14H21N3O2/c1-9(2)7-12(15)14(19)17-11-5-3-10(4-6-11)8-13(16)18/h3-6,9,12H,7-8,15H2,1-2H3,(H2,16,18)(H,17,19). The van der Waals surface area contributed by atoms with E-state index in [1.54, 1.807) is 24.3 Å². The lowest BCUT2D eigenvalue weighted by Gasteiger charge is -2.14. The van der Waals surface area contributed by atoms with Crippen LogP contribution >= 0.6 is 0 Å². The molecule has 5 heteroatoms. The maximum atomic E-state index is 11.8. The number of primary amides is 1. The molecule has 0 aliphatic rings. The van der Waals surface area contributed by atoms with Crippen LogP contribution in [0.15, 0.2) is 24.3 Å². The van der Waals surface area contributed by atoms with Crippen molar-refractivity contribution in [3.63, 3.8) is 0 Å². The smallest absolute Gasteiger partial charge is 0.241 e. The first-order valence-corrected chi connectivity index (χ1v) is 6.32. The van der Waals surface area contributed by atoms with Crippen LogP contribution in [0.5, 0.6) is 0 Å². The lowest BCUT2D eigenvalue weighted by atomic mass is 10.0. The molecule has 0 fully saturated rings. The van der Waals surface area contributed by atoms with E-state index in [1.807, 2.05) is 13.8 Å². The molecule has 5 N–H and O–H groups in total. The number of carbonyl (C=O) groups excluding carboxylic acids is 2. The molecule has 0 aromatic heterocycles. The van der Waals surface area contributed by atoms with Crippen molar-refractivity contribution in [1.82, 2.24) is 0 Å². The summed E-state index contributed by atoms with van der Waals surface area (Å²) in [6.45, 7) is 4.04. The molecule has 0 saturated heterocycles. The third-order valence-electron chi connectivity index (χ3n) is 2.66. The van der Waals surface area contributed by atoms with Gasteiger partial charge in [0.15, 0.2) is 0 Å². The number of nitrogens with one attached hydrogen (secondary N) is 1. The Labute approximate surface area is 113 Å². The van der Waals surface area contributed by atoms with Gasteiger partial charge in [0.1, 0.15) is 0 Å². The Morgan fingerprint density at radius 3 is 2.26 bits per heavy atom. The minimum Gasteiger partial charge on any atom is -0.369 e. The molecule has 0 bridgehead atoms. The molecule has 1 rings (SSSR count). The van der Waals surface area contributed by atoms with Gasteiger partial charge in [0.2, 0.25) is 11.8 Å². The van der Waals surface area contributed by atoms with Gasteiger partial charge < -0.3 is 16.8 Å². The molecule has 1 atom stereocenters. The van der Waals surface area contributed by atoms with E-state index in [-0.39, 0.29) is 18.2 Å². The van der Waals surface area contributed by atoms with Gasteiger partial charge in [-0.1, -0.05) is 26.0 Å². The maximum absolute atomic E-state index is 11.8. The number of hydrogen-bond acceptors (Lipinski definition) is 3. The van der Waals surface area contributed by atoms with Crippen molar-refractivity contribution in [3.05, 3.63) is 29.8 Å². The van der Waals surface area contributed by atoms with E-state index in [9.17, 15) is 9.59 Å². The molecule has 19 heavy (non-hydrogen) atoms. The first-order chi connectivity index (χ1) is 8.88. The highest BCUT2D eigenvalue weighted by atomic mass is 16.2. The monoisotopic (exact) mass is 263 g/mol. The average molecular weight is 263 g/mol. The maximum Gasteiger partial charge on any atom is 0.241 e. The van der Waals surface area contributed by atoms with E-state index in [4.69, 9.17) is 11.5 Å². The van der Waals surface area contributed by atoms with Gasteiger partial charge >= 0.3 is 0 Å². The Kier molecular flexibility index (Phi) is 5.51. The lowest BCUT2D eigenvalue weighted by molar-refractivity contribution is -0.118. The van der Waals surface area contributed by atoms with Crippen LogP contribution in [0.3, 0.4) is 0 Å². The summed E-state index contributed by atoms with van der Waals surface area (Å²) in [7, 11) is 0. The van der Waals surface area contributed by atoms with Crippen molar-refractivity contribution in [2.75, 3.05) is 5.32 Å². The Bertz CT molecular complexity index is 441. The molecule has 0 spiro atoms. The molecule has 0 aliphatic heterocycles. The number of rotatable bonds is 6. The van der Waals surface area contributed by atoms with E-state index in [1.165, 1.54) is 0 Å². The summed E-state index contributed by atoms with van der Waals surface area (Å²) in [6, 6.07) is 6.48. The van der Waals surface area contributed by atoms with Crippen molar-refractivity contribution in [1.29, 1.82) is 0 Å². The lowest BCUT2D eigenvalue weighted by Crippen LogP contribution is -2.36. The molecular weight excluding hydrogens is 242 g/mol. The third kappa shape index (κ3) is 5.52. The van der Waals surface area contributed by atoms with Crippen molar-refractivity contribution >= 4 is 17.5 Å². The fourth-order valence-electron chi connectivity index (χ4n) is 1.76. The average Bonchev–Trinajstić information content (AvgIpc) is 2.30. The van der Waals surface area contributed by atoms with Crippen molar-refractivity contribution in [2.45, 2.75) is 32.7 Å². The van der Waals surface area contributed by atoms with Crippen LogP contribution in [-0.4, -0.2) is 17.9 Å². The van der Waals surface area contributed by atoms with Crippen LogP contribution in [0.2, 0.25) is 0 Å². The largest absolute Gasteiger partial charge is 0.369 e. The SMILES string of the molecule is CC(C)CC(N)C(=O)Nc1ccc(CC(N)=O)cc1. The molecule has 1 unspecified atom stereocenters. The Morgan fingerprint density at radius 2 is 1.79 bits per heavy atom. The highest BCUT2D eigenvalue weighted by Crippen LogP contribution is 2.11. The predicted octanol–water partition coefficient (Wildman–Crippen LogP) is 1.03. The van der Waals surface area contributed by atoms with Gasteiger partial charge in [0, 0.05) is 5.69 Å². The summed E-state index contributed by atoms with van der Waals surface area (Å²) in [5, 5.41) is 2.75. The zero-order valence-electron chi connectivity index (χ0n) is 11.3. The van der Waals surface area contributed by atoms with Crippen LogP contribution in [0.1, 0.15) is 25.8 Å². The minimum absolute atomic E-state index is 0.196. The molecule has 2 amide bonds. The molecule has 0 aliphatic carbocycles. The van der Waals surface area contributed by atoms with Crippen LogP contribution in [0.4, 0.5) is 5.69 Å². The van der Waals surface area contributed by atoms with E-state index < -0.39 is 6.04 Å². The van der Waals surface area contributed by atoms with Gasteiger partial charge in [-0.3, -0.25) is 9.59 Å². The van der Waals surface area contributed by atoms with Crippen LogP contribution in [0, 0.1) is 5.92 Å². The normalized spacial score (nSPS) is 12.2. The van der Waals surface area contributed by atoms with E-state index in [0.29, 0.717) is 18.0 Å². The quantitative estimate of drug-likeness (QED) is 0.714. The summed E-state index contributed by atoms with van der Waals surface area (Å²) >= 11 is 0. The van der Waals surface area contributed by atoms with Gasteiger partial charge in [-0.25, -0.2) is 0 Å². The number of hydrogen-bond donors (Lipinski definition) is 3. The van der Waals surface area contributed by atoms with E-state index >= 15 is 0 Å².